The highest BCUT2D eigenvalue weighted by Crippen LogP contribution is 2.37. The summed E-state index contributed by atoms with van der Waals surface area (Å²) < 4.78 is 81.0. The van der Waals surface area contributed by atoms with E-state index >= 15 is 0 Å². The van der Waals surface area contributed by atoms with Crippen molar-refractivity contribution in [2.75, 3.05) is 0 Å². The van der Waals surface area contributed by atoms with Gasteiger partial charge in [-0.05, 0) is 111 Å². The molecule has 19 heteroatoms. The first-order valence-corrected chi connectivity index (χ1v) is 20.4. The van der Waals surface area contributed by atoms with Gasteiger partial charge in [-0.1, -0.05) is 40.1 Å². The molecule has 0 atom stereocenters. The summed E-state index contributed by atoms with van der Waals surface area (Å²) >= 11 is 0. The summed E-state index contributed by atoms with van der Waals surface area (Å²) in [6, 6.07) is 28.3. The third-order valence-corrected chi connectivity index (χ3v) is 10.9. The summed E-state index contributed by atoms with van der Waals surface area (Å²) in [5, 5.41) is 14.5. The van der Waals surface area contributed by atoms with Crippen molar-refractivity contribution in [3.8, 4) is 34.5 Å². The number of fused-ring (bicyclic) bond motifs is 2. The molecule has 1 aliphatic carbocycles. The fourth-order valence-electron chi connectivity index (χ4n) is 7.47. The molecule has 66 heavy (non-hydrogen) atoms. The van der Waals surface area contributed by atoms with Gasteiger partial charge in [-0.3, -0.25) is 14.6 Å². The number of carbonyl (C=O) groups excluding carboxylic acids is 2. The molecule has 2 amide bonds. The summed E-state index contributed by atoms with van der Waals surface area (Å²) in [6.45, 7) is 3.83. The Morgan fingerprint density at radius 3 is 1.68 bits per heavy atom. The minimum atomic E-state index is -4.65. The third-order valence-electron chi connectivity index (χ3n) is 10.9. The third kappa shape index (κ3) is 8.75. The van der Waals surface area contributed by atoms with Crippen LogP contribution >= 0.6 is 0 Å². The number of alkyl halides is 3. The van der Waals surface area contributed by atoms with Crippen molar-refractivity contribution >= 4 is 33.6 Å². The number of nitrogens with one attached hydrogen (secondary N) is 3. The second-order valence-electron chi connectivity index (χ2n) is 15.6. The van der Waals surface area contributed by atoms with Crippen LogP contribution in [-0.2, 0) is 24.1 Å². The van der Waals surface area contributed by atoms with E-state index in [2.05, 4.69) is 35.9 Å². The van der Waals surface area contributed by atoms with Gasteiger partial charge in [0.05, 0.1) is 22.2 Å². The molecule has 3 N–H and O–H groups in total. The molecule has 5 heterocycles. The predicted molar refractivity (Wildman–Crippen MR) is 231 cm³/mol. The van der Waals surface area contributed by atoms with Crippen LogP contribution in [0.1, 0.15) is 51.5 Å². The first-order chi connectivity index (χ1) is 31.7. The molecular formula is C47H36F5N10O4-. The number of hydrogen-bond acceptors (Lipinski definition) is 9. The van der Waals surface area contributed by atoms with Crippen molar-refractivity contribution in [3.05, 3.63) is 167 Å². The summed E-state index contributed by atoms with van der Waals surface area (Å²) in [6.07, 6.45) is -2.28. The lowest BCUT2D eigenvalue weighted by Gasteiger charge is -2.18. The number of benzene rings is 4. The molecule has 9 aromatic rings. The Morgan fingerprint density at radius 1 is 0.712 bits per heavy atom. The Hall–Kier alpha value is -8.06. The molecular weight excluding hydrogens is 864 g/mol. The van der Waals surface area contributed by atoms with Crippen LogP contribution in [0.2, 0.25) is 0 Å². The molecule has 0 saturated heterocycles. The number of rotatable bonds is 10. The quantitative estimate of drug-likeness (QED) is 0.126. The van der Waals surface area contributed by atoms with Gasteiger partial charge in [0.25, 0.3) is 17.7 Å². The Kier molecular flexibility index (Phi) is 11.2. The van der Waals surface area contributed by atoms with Crippen LogP contribution in [0.15, 0.2) is 125 Å². The lowest BCUT2D eigenvalue weighted by Crippen LogP contribution is -2.48. The molecule has 0 unspecified atom stereocenters. The first-order valence-electron chi connectivity index (χ1n) is 20.4. The maximum Gasteiger partial charge on any atom is 0.417 e. The van der Waals surface area contributed by atoms with Gasteiger partial charge in [0.15, 0.2) is 11.6 Å². The van der Waals surface area contributed by atoms with E-state index < -0.39 is 29.1 Å². The zero-order valence-corrected chi connectivity index (χ0v) is 35.0. The van der Waals surface area contributed by atoms with Crippen LogP contribution < -0.4 is 10.6 Å². The topological polar surface area (TPSA) is 183 Å². The zero-order valence-electron chi connectivity index (χ0n) is 35.0. The molecule has 334 valence electrons. The van der Waals surface area contributed by atoms with E-state index in [0.29, 0.717) is 59.4 Å². The highest BCUT2D eigenvalue weighted by molar-refractivity contribution is 6.00. The zero-order chi connectivity index (χ0) is 46.3. The van der Waals surface area contributed by atoms with Crippen LogP contribution in [-0.4, -0.2) is 51.8 Å². The van der Waals surface area contributed by atoms with Crippen LogP contribution in [0.5, 0.6) is 0 Å². The Morgan fingerprint density at radius 2 is 1.23 bits per heavy atom. The van der Waals surface area contributed by atoms with E-state index in [1.165, 1.54) is 24.3 Å². The SMILES string of the molecule is Cc1noc(-c2cc3cc(F)ccc3n2-c2ccc(CNC(=O)C3(NC(=O)c4cncc(C(F)(F)F)c4)CC3)cc2)n1.Cc1noc(-c2cc3cc(F)ccc3n2-c2ccc(C[NH-])cc2)n1. The molecule has 1 aliphatic rings. The van der Waals surface area contributed by atoms with Crippen molar-refractivity contribution in [1.82, 2.24) is 45.0 Å². The number of amides is 2. The largest absolute Gasteiger partial charge is 0.674 e. The number of pyridine rings is 1. The molecule has 5 aromatic heterocycles. The van der Waals surface area contributed by atoms with Gasteiger partial charge in [0.1, 0.15) is 28.6 Å². The van der Waals surface area contributed by atoms with Crippen molar-refractivity contribution < 1.29 is 40.6 Å². The van der Waals surface area contributed by atoms with Crippen molar-refractivity contribution in [2.24, 2.45) is 0 Å². The van der Waals surface area contributed by atoms with E-state index in [1.807, 2.05) is 51.6 Å². The molecule has 10 rings (SSSR count). The summed E-state index contributed by atoms with van der Waals surface area (Å²) in [5.74, 6) is -0.267. The molecule has 1 saturated carbocycles. The fraction of sp³-hybridized carbons (Fsp3) is 0.170. The van der Waals surface area contributed by atoms with E-state index in [4.69, 9.17) is 14.8 Å². The second-order valence-corrected chi connectivity index (χ2v) is 15.6. The molecule has 0 bridgehead atoms. The molecule has 1 fully saturated rings. The Balaban J connectivity index is 0.000000192. The molecule has 0 radical (unpaired) electrons. The highest BCUT2D eigenvalue weighted by atomic mass is 19.4. The summed E-state index contributed by atoms with van der Waals surface area (Å²) in [4.78, 5) is 37.7. The standard InChI is InChI=1S/C29H22F4N6O3.C18H14FN4O/c1-16-36-26(42-38-16)24-12-18-11-21(30)4-7-23(18)39(24)22-5-2-17(3-6-22)13-35-27(41)28(8-9-28)37-25(40)19-10-20(15-34-14-19)29(31,32)33;1-11-21-18(24-22-11)17-9-13-8-14(19)4-7-16(13)23(17)15-5-2-12(10-20)3-6-15/h2-7,10-12,14-15H,8-9,13H2,1H3,(H,35,41)(H,37,40);2-9,20H,10H2,1H3/q;-1. The average Bonchev–Trinajstić information content (AvgIpc) is 3.63. The van der Waals surface area contributed by atoms with Gasteiger partial charge in [-0.2, -0.15) is 23.1 Å². The van der Waals surface area contributed by atoms with E-state index in [-0.39, 0.29) is 36.2 Å². The van der Waals surface area contributed by atoms with Crippen LogP contribution in [0.25, 0.3) is 62.1 Å². The van der Waals surface area contributed by atoms with Crippen LogP contribution in [0.4, 0.5) is 22.0 Å². The van der Waals surface area contributed by atoms with E-state index in [0.717, 1.165) is 45.1 Å². The molecule has 14 nitrogen and oxygen atoms in total. The lowest BCUT2D eigenvalue weighted by atomic mass is 10.1. The van der Waals surface area contributed by atoms with Gasteiger partial charge in [-0.15, -0.1) is 6.54 Å². The Labute approximate surface area is 371 Å². The van der Waals surface area contributed by atoms with Gasteiger partial charge in [-0.25, -0.2) is 8.78 Å². The lowest BCUT2D eigenvalue weighted by molar-refractivity contribution is -0.137. The number of aromatic nitrogens is 7. The molecule has 0 aliphatic heterocycles. The predicted octanol–water partition coefficient (Wildman–Crippen LogP) is 9.80. The number of nitrogens with zero attached hydrogens (tertiary/aromatic N) is 7. The van der Waals surface area contributed by atoms with Crippen LogP contribution in [0.3, 0.4) is 0 Å². The van der Waals surface area contributed by atoms with Crippen molar-refractivity contribution in [3.63, 3.8) is 0 Å². The van der Waals surface area contributed by atoms with E-state index in [1.54, 1.807) is 44.2 Å². The minimum Gasteiger partial charge on any atom is -0.674 e. The van der Waals surface area contributed by atoms with Crippen molar-refractivity contribution in [2.45, 2.75) is 51.5 Å². The maximum atomic E-state index is 13.9. The van der Waals surface area contributed by atoms with Crippen LogP contribution in [0, 0.1) is 25.5 Å². The van der Waals surface area contributed by atoms with Crippen molar-refractivity contribution in [1.29, 1.82) is 0 Å². The number of carbonyl (C=O) groups is 2. The first kappa shape index (κ1) is 43.2. The normalized spacial score (nSPS) is 13.1. The second kappa shape index (κ2) is 17.1. The average molecular weight is 900 g/mol. The monoisotopic (exact) mass is 899 g/mol. The van der Waals surface area contributed by atoms with Gasteiger partial charge >= 0.3 is 6.18 Å². The number of aryl methyl sites for hydroxylation is 2. The summed E-state index contributed by atoms with van der Waals surface area (Å²) in [7, 11) is 0. The van der Waals surface area contributed by atoms with E-state index in [9.17, 15) is 31.5 Å². The minimum absolute atomic E-state index is 0.148. The van der Waals surface area contributed by atoms with Gasteiger partial charge < -0.3 is 34.5 Å². The molecule has 4 aromatic carbocycles. The Bertz CT molecular complexity index is 3260. The van der Waals surface area contributed by atoms with Gasteiger partial charge in [0.2, 0.25) is 5.91 Å². The maximum absolute atomic E-state index is 13.9. The summed E-state index contributed by atoms with van der Waals surface area (Å²) in [5.41, 5.74) is 11.1. The highest BCUT2D eigenvalue weighted by Gasteiger charge is 2.51. The number of halogens is 5. The smallest absolute Gasteiger partial charge is 0.417 e. The fourth-order valence-corrected chi connectivity index (χ4v) is 7.47. The number of hydrogen-bond donors (Lipinski definition) is 2. The van der Waals surface area contributed by atoms with Gasteiger partial charge in [0, 0.05) is 41.1 Å². The molecule has 0 spiro atoms.